The summed E-state index contributed by atoms with van der Waals surface area (Å²) in [6.07, 6.45) is 6.78. The molecule has 1 aliphatic heterocycles. The Balaban J connectivity index is 1.73. The molecule has 0 bridgehead atoms. The molecule has 0 fully saturated rings. The highest BCUT2D eigenvalue weighted by atomic mass is 16.3. The Labute approximate surface area is 135 Å². The normalized spacial score (nSPS) is 18.5. The fraction of sp³-hybridized carbons (Fsp3) is 0.263. The number of phenolic OH excluding ortho intramolecular Hbond substituents is 1. The van der Waals surface area contributed by atoms with Crippen LogP contribution in [0.15, 0.2) is 65.6 Å². The molecular weight excluding hydrogens is 288 g/mol. The Bertz CT molecular complexity index is 776. The highest BCUT2D eigenvalue weighted by Crippen LogP contribution is 2.34. The number of phenols is 1. The van der Waals surface area contributed by atoms with Crippen LogP contribution in [0.3, 0.4) is 0 Å². The number of para-hydroxylation sites is 1. The Morgan fingerprint density at radius 3 is 2.83 bits per heavy atom. The van der Waals surface area contributed by atoms with Crippen molar-refractivity contribution in [1.29, 1.82) is 0 Å². The van der Waals surface area contributed by atoms with E-state index in [2.05, 4.69) is 27.8 Å². The molecule has 3 heterocycles. The van der Waals surface area contributed by atoms with Gasteiger partial charge in [0.25, 0.3) is 0 Å². The van der Waals surface area contributed by atoms with Crippen molar-refractivity contribution >= 4 is 0 Å². The van der Waals surface area contributed by atoms with Crippen LogP contribution in [0.1, 0.15) is 29.3 Å². The Morgan fingerprint density at radius 2 is 2.00 bits per heavy atom. The zero-order valence-electron chi connectivity index (χ0n) is 12.9. The first-order chi connectivity index (χ1) is 11.3. The van der Waals surface area contributed by atoms with Gasteiger partial charge in [-0.25, -0.2) is 0 Å². The van der Waals surface area contributed by atoms with Gasteiger partial charge in [0.1, 0.15) is 5.75 Å². The predicted molar refractivity (Wildman–Crippen MR) is 88.1 cm³/mol. The van der Waals surface area contributed by atoms with Crippen molar-refractivity contribution in [2.24, 2.45) is 0 Å². The maximum absolute atomic E-state index is 10.1. The summed E-state index contributed by atoms with van der Waals surface area (Å²) in [5, 5.41) is 10.1. The lowest BCUT2D eigenvalue weighted by atomic mass is 10.0. The van der Waals surface area contributed by atoms with Crippen molar-refractivity contribution in [3.63, 3.8) is 0 Å². The second-order valence-electron chi connectivity index (χ2n) is 6.04. The van der Waals surface area contributed by atoms with Gasteiger partial charge in [-0.15, -0.1) is 0 Å². The first kappa shape index (κ1) is 14.2. The van der Waals surface area contributed by atoms with Gasteiger partial charge in [-0.1, -0.05) is 18.2 Å². The number of furan rings is 1. The van der Waals surface area contributed by atoms with E-state index in [4.69, 9.17) is 4.42 Å². The lowest BCUT2D eigenvalue weighted by Gasteiger charge is -2.29. The van der Waals surface area contributed by atoms with Gasteiger partial charge in [-0.2, -0.15) is 0 Å². The van der Waals surface area contributed by atoms with E-state index < -0.39 is 0 Å². The highest BCUT2D eigenvalue weighted by Gasteiger charge is 2.28. The zero-order valence-corrected chi connectivity index (χ0v) is 12.9. The zero-order chi connectivity index (χ0) is 15.6. The molecular formula is C19H20N2O2. The van der Waals surface area contributed by atoms with Crippen LogP contribution < -0.4 is 0 Å². The minimum absolute atomic E-state index is 0.144. The van der Waals surface area contributed by atoms with Crippen LogP contribution in [-0.2, 0) is 13.1 Å². The number of nitrogens with zero attached hydrogens (tertiary/aromatic N) is 2. The van der Waals surface area contributed by atoms with E-state index in [1.54, 1.807) is 12.3 Å². The molecule has 1 aromatic carbocycles. The first-order valence-corrected chi connectivity index (χ1v) is 8.01. The number of rotatable bonds is 3. The lowest BCUT2D eigenvalue weighted by Crippen LogP contribution is -2.29. The molecule has 4 heteroatoms. The Hall–Kier alpha value is -2.46. The average Bonchev–Trinajstić information content (AvgIpc) is 3.20. The molecule has 0 radical (unpaired) electrons. The van der Waals surface area contributed by atoms with Crippen LogP contribution in [0, 0.1) is 0 Å². The van der Waals surface area contributed by atoms with Gasteiger partial charge in [0.05, 0.1) is 18.6 Å². The maximum atomic E-state index is 10.1. The number of benzene rings is 1. The molecule has 0 saturated heterocycles. The van der Waals surface area contributed by atoms with E-state index in [9.17, 15) is 5.11 Å². The third kappa shape index (κ3) is 2.66. The number of aromatic nitrogens is 1. The van der Waals surface area contributed by atoms with Crippen LogP contribution in [0.5, 0.6) is 5.75 Å². The molecule has 1 atom stereocenters. The van der Waals surface area contributed by atoms with E-state index >= 15 is 0 Å². The minimum Gasteiger partial charge on any atom is -0.508 e. The summed E-state index contributed by atoms with van der Waals surface area (Å²) in [7, 11) is 0. The molecule has 0 amide bonds. The molecule has 4 rings (SSSR count). The summed E-state index contributed by atoms with van der Waals surface area (Å²) in [6, 6.07) is 14.0. The van der Waals surface area contributed by atoms with Gasteiger partial charge in [0.2, 0.25) is 0 Å². The van der Waals surface area contributed by atoms with Crippen LogP contribution in [0.2, 0.25) is 0 Å². The molecule has 118 valence electrons. The monoisotopic (exact) mass is 308 g/mol. The molecule has 23 heavy (non-hydrogen) atoms. The van der Waals surface area contributed by atoms with Crippen molar-refractivity contribution in [2.75, 3.05) is 6.54 Å². The van der Waals surface area contributed by atoms with Crippen molar-refractivity contribution < 1.29 is 9.52 Å². The molecule has 1 N–H and O–H groups in total. The van der Waals surface area contributed by atoms with Gasteiger partial charge >= 0.3 is 0 Å². The van der Waals surface area contributed by atoms with Crippen LogP contribution >= 0.6 is 0 Å². The Kier molecular flexibility index (Phi) is 3.67. The maximum Gasteiger partial charge on any atom is 0.120 e. The van der Waals surface area contributed by atoms with Crippen molar-refractivity contribution in [3.8, 4) is 5.75 Å². The van der Waals surface area contributed by atoms with Crippen LogP contribution in [0.4, 0.5) is 0 Å². The molecule has 0 aliphatic carbocycles. The number of fused-ring (bicyclic) bond motifs is 1. The van der Waals surface area contributed by atoms with E-state index in [1.807, 2.05) is 30.5 Å². The second-order valence-corrected chi connectivity index (χ2v) is 6.04. The lowest BCUT2D eigenvalue weighted by molar-refractivity contribution is 0.217. The van der Waals surface area contributed by atoms with Gasteiger partial charge in [0, 0.05) is 42.7 Å². The number of hydrogen-bond donors (Lipinski definition) is 1. The SMILES string of the molecule is Oc1ccccc1CN1CCCn2cccc2C1c1ccoc1. The summed E-state index contributed by atoms with van der Waals surface area (Å²) in [6.45, 7) is 2.72. The van der Waals surface area contributed by atoms with Gasteiger partial charge in [-0.3, -0.25) is 4.90 Å². The predicted octanol–water partition coefficient (Wildman–Crippen LogP) is 3.78. The van der Waals surface area contributed by atoms with E-state index in [1.165, 1.54) is 5.69 Å². The summed E-state index contributed by atoms with van der Waals surface area (Å²) < 4.78 is 7.66. The third-order valence-corrected chi connectivity index (χ3v) is 4.58. The van der Waals surface area contributed by atoms with Crippen molar-refractivity contribution in [3.05, 3.63) is 78.0 Å². The molecule has 2 aromatic heterocycles. The standard InChI is InChI=1S/C19H20N2O2/c22-18-7-2-1-5-15(18)13-21-11-4-10-20-9-3-6-17(20)19(21)16-8-12-23-14-16/h1-3,5-9,12,14,19,22H,4,10-11,13H2. The quantitative estimate of drug-likeness (QED) is 0.800. The Morgan fingerprint density at radius 1 is 1.09 bits per heavy atom. The van der Waals surface area contributed by atoms with Gasteiger partial charge < -0.3 is 14.1 Å². The molecule has 0 spiro atoms. The van der Waals surface area contributed by atoms with Crippen LogP contribution in [0.25, 0.3) is 0 Å². The van der Waals surface area contributed by atoms with E-state index in [0.29, 0.717) is 12.3 Å². The highest BCUT2D eigenvalue weighted by molar-refractivity contribution is 5.33. The van der Waals surface area contributed by atoms with E-state index in [-0.39, 0.29) is 6.04 Å². The fourth-order valence-electron chi connectivity index (χ4n) is 3.49. The second kappa shape index (κ2) is 5.97. The minimum atomic E-state index is 0.144. The molecule has 0 saturated carbocycles. The number of aromatic hydroxyl groups is 1. The van der Waals surface area contributed by atoms with Crippen molar-refractivity contribution in [2.45, 2.75) is 25.6 Å². The first-order valence-electron chi connectivity index (χ1n) is 8.01. The van der Waals surface area contributed by atoms with Crippen molar-refractivity contribution in [1.82, 2.24) is 9.47 Å². The molecule has 3 aromatic rings. The summed E-state index contributed by atoms with van der Waals surface area (Å²) in [5.74, 6) is 0.359. The summed E-state index contributed by atoms with van der Waals surface area (Å²) in [5.41, 5.74) is 3.39. The average molecular weight is 308 g/mol. The number of hydrogen-bond acceptors (Lipinski definition) is 3. The number of aryl methyl sites for hydroxylation is 1. The topological polar surface area (TPSA) is 41.5 Å². The third-order valence-electron chi connectivity index (χ3n) is 4.58. The molecule has 1 aliphatic rings. The van der Waals surface area contributed by atoms with Gasteiger partial charge in [-0.05, 0) is 30.7 Å². The molecule has 1 unspecified atom stereocenters. The van der Waals surface area contributed by atoms with Crippen LogP contribution in [-0.4, -0.2) is 21.1 Å². The summed E-state index contributed by atoms with van der Waals surface area (Å²) >= 11 is 0. The summed E-state index contributed by atoms with van der Waals surface area (Å²) in [4.78, 5) is 2.42. The van der Waals surface area contributed by atoms with Gasteiger partial charge in [0.15, 0.2) is 0 Å². The largest absolute Gasteiger partial charge is 0.508 e. The van der Waals surface area contributed by atoms with E-state index in [0.717, 1.165) is 30.6 Å². The smallest absolute Gasteiger partial charge is 0.120 e. The molecule has 4 nitrogen and oxygen atoms in total. The fourth-order valence-corrected chi connectivity index (χ4v) is 3.49.